The molecule has 0 aliphatic carbocycles. The first kappa shape index (κ1) is 10.1. The van der Waals surface area contributed by atoms with Crippen LogP contribution in [-0.2, 0) is 4.74 Å². The predicted octanol–water partition coefficient (Wildman–Crippen LogP) is 2.56. The zero-order valence-corrected chi connectivity index (χ0v) is 8.56. The summed E-state index contributed by atoms with van der Waals surface area (Å²) in [6, 6.07) is 3.98. The minimum atomic E-state index is -0.358. The van der Waals surface area contributed by atoms with Crippen LogP contribution >= 0.6 is 11.3 Å². The maximum Gasteiger partial charge on any atom is 0.407 e. The van der Waals surface area contributed by atoms with Crippen LogP contribution in [0.3, 0.4) is 0 Å². The first-order valence-electron chi connectivity index (χ1n) is 4.20. The summed E-state index contributed by atoms with van der Waals surface area (Å²) in [4.78, 5) is 12.2. The molecule has 3 nitrogen and oxygen atoms in total. The highest BCUT2D eigenvalue weighted by molar-refractivity contribution is 7.10. The molecule has 4 heteroatoms. The van der Waals surface area contributed by atoms with Crippen molar-refractivity contribution in [3.63, 3.8) is 0 Å². The van der Waals surface area contributed by atoms with Gasteiger partial charge in [0.05, 0.1) is 12.6 Å². The van der Waals surface area contributed by atoms with Crippen LogP contribution in [0.4, 0.5) is 4.79 Å². The zero-order valence-electron chi connectivity index (χ0n) is 7.74. The van der Waals surface area contributed by atoms with Crippen molar-refractivity contribution in [3.8, 4) is 0 Å². The van der Waals surface area contributed by atoms with Crippen molar-refractivity contribution in [2.75, 3.05) is 6.61 Å². The highest BCUT2D eigenvalue weighted by Crippen LogP contribution is 2.17. The average molecular weight is 199 g/mol. The van der Waals surface area contributed by atoms with Crippen LogP contribution in [0, 0.1) is 0 Å². The fraction of sp³-hybridized carbons (Fsp3) is 0.444. The molecule has 0 aromatic carbocycles. The van der Waals surface area contributed by atoms with E-state index in [1.54, 1.807) is 18.3 Å². The molecule has 0 spiro atoms. The van der Waals surface area contributed by atoms with E-state index in [0.29, 0.717) is 6.61 Å². The van der Waals surface area contributed by atoms with Crippen LogP contribution in [0.2, 0.25) is 0 Å². The Morgan fingerprint density at radius 3 is 3.08 bits per heavy atom. The second-order valence-corrected chi connectivity index (χ2v) is 3.58. The number of nitrogens with one attached hydrogen (secondary N) is 1. The van der Waals surface area contributed by atoms with Crippen molar-refractivity contribution >= 4 is 17.4 Å². The monoisotopic (exact) mass is 199 g/mol. The van der Waals surface area contributed by atoms with Gasteiger partial charge < -0.3 is 10.1 Å². The molecule has 0 aliphatic heterocycles. The first-order valence-corrected chi connectivity index (χ1v) is 5.08. The van der Waals surface area contributed by atoms with E-state index >= 15 is 0 Å². The molecule has 13 heavy (non-hydrogen) atoms. The van der Waals surface area contributed by atoms with Gasteiger partial charge in [0.1, 0.15) is 0 Å². The zero-order chi connectivity index (χ0) is 9.68. The topological polar surface area (TPSA) is 38.3 Å². The molecule has 0 saturated carbocycles. The van der Waals surface area contributed by atoms with Gasteiger partial charge in [0.15, 0.2) is 0 Å². The van der Waals surface area contributed by atoms with Crippen LogP contribution in [0.1, 0.15) is 24.8 Å². The molecule has 1 aromatic rings. The lowest BCUT2D eigenvalue weighted by molar-refractivity contribution is 0.149. The van der Waals surface area contributed by atoms with E-state index in [1.807, 2.05) is 24.4 Å². The molecule has 1 aromatic heterocycles. The summed E-state index contributed by atoms with van der Waals surface area (Å²) in [7, 11) is 0. The summed E-state index contributed by atoms with van der Waals surface area (Å²) in [6.45, 7) is 4.13. The fourth-order valence-corrected chi connectivity index (χ4v) is 1.69. The highest BCUT2D eigenvalue weighted by atomic mass is 32.1. The van der Waals surface area contributed by atoms with Gasteiger partial charge in [-0.05, 0) is 25.3 Å². The summed E-state index contributed by atoms with van der Waals surface area (Å²) in [5.74, 6) is 0. The highest BCUT2D eigenvalue weighted by Gasteiger charge is 2.09. The molecule has 72 valence electrons. The molecule has 0 bridgehead atoms. The van der Waals surface area contributed by atoms with Crippen molar-refractivity contribution in [2.24, 2.45) is 0 Å². The number of alkyl carbamates (subject to hydrolysis) is 1. The normalized spacial score (nSPS) is 12.2. The van der Waals surface area contributed by atoms with Gasteiger partial charge >= 0.3 is 6.09 Å². The number of rotatable bonds is 3. The van der Waals surface area contributed by atoms with Gasteiger partial charge in [0, 0.05) is 4.88 Å². The number of carbonyl (C=O) groups excluding carboxylic acids is 1. The summed E-state index contributed by atoms with van der Waals surface area (Å²) in [5, 5.41) is 4.72. The number of hydrogen-bond acceptors (Lipinski definition) is 3. The van der Waals surface area contributed by atoms with Crippen molar-refractivity contribution in [2.45, 2.75) is 19.9 Å². The second-order valence-electron chi connectivity index (χ2n) is 2.60. The molecule has 0 fully saturated rings. The van der Waals surface area contributed by atoms with Gasteiger partial charge in [-0.3, -0.25) is 0 Å². The lowest BCUT2D eigenvalue weighted by Gasteiger charge is -2.11. The molecule has 1 amide bonds. The Morgan fingerprint density at radius 1 is 1.77 bits per heavy atom. The Labute approximate surface area is 81.7 Å². The van der Waals surface area contributed by atoms with Crippen molar-refractivity contribution in [3.05, 3.63) is 22.4 Å². The standard InChI is InChI=1S/C9H13NO2S/c1-3-12-9(11)10-7(2)8-5-4-6-13-8/h4-7H,3H2,1-2H3,(H,10,11)/t7-/m1/s1. The Hall–Kier alpha value is -1.03. The van der Waals surface area contributed by atoms with Gasteiger partial charge in [-0.25, -0.2) is 4.79 Å². The van der Waals surface area contributed by atoms with E-state index in [-0.39, 0.29) is 12.1 Å². The fourth-order valence-electron chi connectivity index (χ4n) is 0.958. The SMILES string of the molecule is CCOC(=O)N[C@H](C)c1cccs1. The summed E-state index contributed by atoms with van der Waals surface area (Å²) < 4.78 is 4.77. The van der Waals surface area contributed by atoms with E-state index in [4.69, 9.17) is 4.74 Å². The first-order chi connectivity index (χ1) is 6.24. The molecular formula is C9H13NO2S. The average Bonchev–Trinajstić information content (AvgIpc) is 2.55. The van der Waals surface area contributed by atoms with E-state index in [0.717, 1.165) is 4.88 Å². The van der Waals surface area contributed by atoms with E-state index in [2.05, 4.69) is 5.32 Å². The van der Waals surface area contributed by atoms with E-state index in [1.165, 1.54) is 0 Å². The summed E-state index contributed by atoms with van der Waals surface area (Å²) in [6.07, 6.45) is -0.358. The molecule has 0 saturated heterocycles. The Balaban J connectivity index is 2.42. The lowest BCUT2D eigenvalue weighted by Crippen LogP contribution is -2.26. The molecule has 1 atom stereocenters. The van der Waals surface area contributed by atoms with Crippen LogP contribution in [-0.4, -0.2) is 12.7 Å². The second kappa shape index (κ2) is 4.87. The minimum Gasteiger partial charge on any atom is -0.450 e. The minimum absolute atomic E-state index is 0.0269. The third-order valence-corrected chi connectivity index (χ3v) is 2.63. The van der Waals surface area contributed by atoms with Crippen LogP contribution in [0.15, 0.2) is 17.5 Å². The van der Waals surface area contributed by atoms with Crippen molar-refractivity contribution in [1.29, 1.82) is 0 Å². The van der Waals surface area contributed by atoms with E-state index in [9.17, 15) is 4.79 Å². The van der Waals surface area contributed by atoms with E-state index < -0.39 is 0 Å². The largest absolute Gasteiger partial charge is 0.450 e. The predicted molar refractivity (Wildman–Crippen MR) is 52.9 cm³/mol. The number of thiophene rings is 1. The Bertz CT molecular complexity index is 259. The van der Waals surface area contributed by atoms with Crippen molar-refractivity contribution in [1.82, 2.24) is 5.32 Å². The molecule has 0 radical (unpaired) electrons. The third kappa shape index (κ3) is 3.06. The van der Waals surface area contributed by atoms with Gasteiger partial charge in [-0.2, -0.15) is 0 Å². The Morgan fingerprint density at radius 2 is 2.54 bits per heavy atom. The van der Waals surface area contributed by atoms with Crippen molar-refractivity contribution < 1.29 is 9.53 Å². The van der Waals surface area contributed by atoms with Gasteiger partial charge in [-0.1, -0.05) is 6.07 Å². The quantitative estimate of drug-likeness (QED) is 0.812. The summed E-state index contributed by atoms with van der Waals surface area (Å²) >= 11 is 1.62. The number of ether oxygens (including phenoxy) is 1. The molecular weight excluding hydrogens is 186 g/mol. The summed E-state index contributed by atoms with van der Waals surface area (Å²) in [5.41, 5.74) is 0. The number of carbonyl (C=O) groups is 1. The molecule has 1 rings (SSSR count). The molecule has 0 unspecified atom stereocenters. The van der Waals surface area contributed by atoms with Crippen LogP contribution in [0.25, 0.3) is 0 Å². The maximum absolute atomic E-state index is 11.0. The van der Waals surface area contributed by atoms with Gasteiger partial charge in [0.25, 0.3) is 0 Å². The molecule has 0 aliphatic rings. The van der Waals surface area contributed by atoms with Gasteiger partial charge in [-0.15, -0.1) is 11.3 Å². The Kier molecular flexibility index (Phi) is 3.76. The lowest BCUT2D eigenvalue weighted by atomic mass is 10.3. The van der Waals surface area contributed by atoms with Crippen LogP contribution in [0.5, 0.6) is 0 Å². The smallest absolute Gasteiger partial charge is 0.407 e. The van der Waals surface area contributed by atoms with Gasteiger partial charge in [0.2, 0.25) is 0 Å². The number of hydrogen-bond donors (Lipinski definition) is 1. The van der Waals surface area contributed by atoms with Crippen LogP contribution < -0.4 is 5.32 Å². The third-order valence-electron chi connectivity index (χ3n) is 1.58. The molecule has 1 N–H and O–H groups in total. The maximum atomic E-state index is 11.0. The number of amides is 1. The molecule has 1 heterocycles.